The van der Waals surface area contributed by atoms with E-state index in [0.717, 1.165) is 5.56 Å². The third-order valence-electron chi connectivity index (χ3n) is 4.99. The van der Waals surface area contributed by atoms with E-state index in [0.29, 0.717) is 29.5 Å². The van der Waals surface area contributed by atoms with E-state index >= 15 is 0 Å². The molecule has 0 saturated carbocycles. The minimum absolute atomic E-state index is 0.0839. The van der Waals surface area contributed by atoms with Crippen molar-refractivity contribution >= 4 is 40.1 Å². The van der Waals surface area contributed by atoms with Crippen molar-refractivity contribution in [2.45, 2.75) is 18.1 Å². The second-order valence-electron chi connectivity index (χ2n) is 7.32. The number of carbonyl (C=O) groups excluding carboxylic acids is 2. The van der Waals surface area contributed by atoms with Crippen LogP contribution in [-0.4, -0.2) is 33.7 Å². The summed E-state index contributed by atoms with van der Waals surface area (Å²) in [5.74, 6) is -0.681. The van der Waals surface area contributed by atoms with Crippen LogP contribution in [0.2, 0.25) is 0 Å². The molecule has 0 bridgehead atoms. The maximum Gasteiger partial charge on any atom is 0.238 e. The van der Waals surface area contributed by atoms with Crippen LogP contribution >= 0.6 is 11.8 Å². The highest BCUT2D eigenvalue weighted by Gasteiger charge is 2.35. The van der Waals surface area contributed by atoms with Crippen molar-refractivity contribution in [2.24, 2.45) is 4.99 Å². The Kier molecular flexibility index (Phi) is 6.97. The maximum atomic E-state index is 13.2. The predicted molar refractivity (Wildman–Crippen MR) is 126 cm³/mol. The zero-order valence-corrected chi connectivity index (χ0v) is 18.1. The smallest absolute Gasteiger partial charge is 0.238 e. The Bertz CT molecular complexity index is 1110. The topological polar surface area (TPSA) is 61.8 Å². The lowest BCUT2D eigenvalue weighted by molar-refractivity contribution is -0.129. The molecule has 1 fully saturated rings. The number of aliphatic imine (C=N–C) groups is 1. The summed E-state index contributed by atoms with van der Waals surface area (Å²) in [5, 5.41) is 2.79. The lowest BCUT2D eigenvalue weighted by Crippen LogP contribution is -2.46. The number of rotatable bonds is 6. The second kappa shape index (κ2) is 10.2. The summed E-state index contributed by atoms with van der Waals surface area (Å²) < 4.78 is 13.2. The molecule has 1 N–H and O–H groups in total. The first-order valence-electron chi connectivity index (χ1n) is 10.3. The Balaban J connectivity index is 1.53. The zero-order valence-electron chi connectivity index (χ0n) is 17.3. The monoisotopic (exact) mass is 447 g/mol. The Morgan fingerprint density at radius 2 is 1.66 bits per heavy atom. The molecule has 0 unspecified atom stereocenters. The number of anilines is 1. The SMILES string of the molecule is O=C(Nc1ccccc1)[C@@H]1CC(=O)N(CCc2ccc(F)cc2)C(=Nc2ccccc2)S1. The molecular formula is C25H22FN3O2S. The molecular weight excluding hydrogens is 425 g/mol. The first-order chi connectivity index (χ1) is 15.6. The standard InChI is InChI=1S/C25H22FN3O2S/c26-19-13-11-18(12-14-19)15-16-29-23(30)17-22(24(31)27-20-7-3-1-4-8-20)32-25(29)28-21-9-5-2-6-10-21/h1-14,22H,15-17H2,(H,27,31)/t22-/m0/s1. The lowest BCUT2D eigenvalue weighted by Gasteiger charge is -2.32. The fourth-order valence-corrected chi connectivity index (χ4v) is 4.44. The van der Waals surface area contributed by atoms with Crippen molar-refractivity contribution in [2.75, 3.05) is 11.9 Å². The zero-order chi connectivity index (χ0) is 22.3. The molecule has 0 aromatic heterocycles. The van der Waals surface area contributed by atoms with Crippen molar-refractivity contribution in [1.82, 2.24) is 4.90 Å². The number of halogens is 1. The molecule has 2 amide bonds. The highest BCUT2D eigenvalue weighted by Crippen LogP contribution is 2.30. The van der Waals surface area contributed by atoms with Crippen LogP contribution in [-0.2, 0) is 16.0 Å². The largest absolute Gasteiger partial charge is 0.325 e. The lowest BCUT2D eigenvalue weighted by atomic mass is 10.1. The number of carbonyl (C=O) groups is 2. The van der Waals surface area contributed by atoms with Gasteiger partial charge in [0.1, 0.15) is 11.1 Å². The molecule has 0 spiro atoms. The van der Waals surface area contributed by atoms with E-state index < -0.39 is 5.25 Å². The van der Waals surface area contributed by atoms with Crippen molar-refractivity contribution in [3.05, 3.63) is 96.3 Å². The number of nitrogens with zero attached hydrogens (tertiary/aromatic N) is 2. The average molecular weight is 448 g/mol. The molecule has 7 heteroatoms. The number of nitrogens with one attached hydrogen (secondary N) is 1. The quantitative estimate of drug-likeness (QED) is 0.577. The molecule has 3 aromatic rings. The predicted octanol–water partition coefficient (Wildman–Crippen LogP) is 5.03. The van der Waals surface area contributed by atoms with Crippen LogP contribution in [0.3, 0.4) is 0 Å². The third-order valence-corrected chi connectivity index (χ3v) is 6.18. The summed E-state index contributed by atoms with van der Waals surface area (Å²) in [6.45, 7) is 0.399. The van der Waals surface area contributed by atoms with Crippen molar-refractivity contribution in [1.29, 1.82) is 0 Å². The van der Waals surface area contributed by atoms with Gasteiger partial charge in [-0.15, -0.1) is 0 Å². The van der Waals surface area contributed by atoms with Crippen molar-refractivity contribution < 1.29 is 14.0 Å². The normalized spacial score (nSPS) is 17.4. The molecule has 5 nitrogen and oxygen atoms in total. The molecule has 0 radical (unpaired) electrons. The maximum absolute atomic E-state index is 13.2. The Hall–Kier alpha value is -3.45. The van der Waals surface area contributed by atoms with Gasteiger partial charge in [-0.05, 0) is 48.4 Å². The van der Waals surface area contributed by atoms with E-state index in [4.69, 9.17) is 0 Å². The van der Waals surface area contributed by atoms with Gasteiger partial charge in [-0.3, -0.25) is 14.5 Å². The van der Waals surface area contributed by atoms with Gasteiger partial charge in [-0.2, -0.15) is 0 Å². The first kappa shape index (κ1) is 21.8. The van der Waals surface area contributed by atoms with Crippen molar-refractivity contribution in [3.63, 3.8) is 0 Å². The van der Waals surface area contributed by atoms with Gasteiger partial charge in [0.2, 0.25) is 11.8 Å². The molecule has 1 atom stereocenters. The van der Waals surface area contributed by atoms with Gasteiger partial charge in [-0.25, -0.2) is 9.38 Å². The molecule has 162 valence electrons. The van der Waals surface area contributed by atoms with Gasteiger partial charge >= 0.3 is 0 Å². The molecule has 1 saturated heterocycles. The van der Waals surface area contributed by atoms with Crippen LogP contribution in [0, 0.1) is 5.82 Å². The van der Waals surface area contributed by atoms with Gasteiger partial charge in [-0.1, -0.05) is 60.3 Å². The molecule has 32 heavy (non-hydrogen) atoms. The number of thioether (sulfide) groups is 1. The van der Waals surface area contributed by atoms with Crippen LogP contribution in [0.5, 0.6) is 0 Å². The van der Waals surface area contributed by atoms with Gasteiger partial charge in [0.05, 0.1) is 5.69 Å². The Labute approximate surface area is 190 Å². The number of hydrogen-bond acceptors (Lipinski definition) is 4. The molecule has 3 aromatic carbocycles. The summed E-state index contributed by atoms with van der Waals surface area (Å²) in [4.78, 5) is 32.1. The van der Waals surface area contributed by atoms with E-state index in [2.05, 4.69) is 10.3 Å². The van der Waals surface area contributed by atoms with Gasteiger partial charge in [0.15, 0.2) is 5.17 Å². The van der Waals surface area contributed by atoms with E-state index in [1.807, 2.05) is 48.5 Å². The Morgan fingerprint density at radius 3 is 2.34 bits per heavy atom. The fraction of sp³-hybridized carbons (Fsp3) is 0.160. The van der Waals surface area contributed by atoms with Crippen LogP contribution in [0.25, 0.3) is 0 Å². The Morgan fingerprint density at radius 1 is 1.00 bits per heavy atom. The van der Waals surface area contributed by atoms with E-state index in [-0.39, 0.29) is 24.1 Å². The number of para-hydroxylation sites is 2. The van der Waals surface area contributed by atoms with Crippen LogP contribution in [0.1, 0.15) is 12.0 Å². The van der Waals surface area contributed by atoms with Gasteiger partial charge in [0.25, 0.3) is 0 Å². The highest BCUT2D eigenvalue weighted by atomic mass is 32.2. The fourth-order valence-electron chi connectivity index (χ4n) is 3.31. The average Bonchev–Trinajstić information content (AvgIpc) is 2.81. The first-order valence-corrected chi connectivity index (χ1v) is 11.2. The minimum Gasteiger partial charge on any atom is -0.325 e. The molecule has 1 aliphatic rings. The number of hydrogen-bond donors (Lipinski definition) is 1. The number of amidine groups is 1. The molecule has 4 rings (SSSR count). The van der Waals surface area contributed by atoms with Crippen LogP contribution < -0.4 is 5.32 Å². The highest BCUT2D eigenvalue weighted by molar-refractivity contribution is 8.15. The number of benzene rings is 3. The van der Waals surface area contributed by atoms with Gasteiger partial charge in [0, 0.05) is 18.7 Å². The van der Waals surface area contributed by atoms with Gasteiger partial charge < -0.3 is 5.32 Å². The molecule has 1 heterocycles. The minimum atomic E-state index is -0.577. The summed E-state index contributed by atoms with van der Waals surface area (Å²) in [6, 6.07) is 24.7. The summed E-state index contributed by atoms with van der Waals surface area (Å²) in [6.07, 6.45) is 0.641. The molecule has 0 aliphatic carbocycles. The van der Waals surface area contributed by atoms with E-state index in [1.165, 1.54) is 23.9 Å². The third kappa shape index (κ3) is 5.62. The number of amides is 2. The van der Waals surface area contributed by atoms with E-state index in [1.54, 1.807) is 29.2 Å². The summed E-state index contributed by atoms with van der Waals surface area (Å²) in [7, 11) is 0. The molecule has 1 aliphatic heterocycles. The van der Waals surface area contributed by atoms with Crippen LogP contribution in [0.4, 0.5) is 15.8 Å². The summed E-state index contributed by atoms with van der Waals surface area (Å²) >= 11 is 1.29. The van der Waals surface area contributed by atoms with Crippen molar-refractivity contribution in [3.8, 4) is 0 Å². The summed E-state index contributed by atoms with van der Waals surface area (Å²) in [5.41, 5.74) is 2.32. The van der Waals surface area contributed by atoms with Crippen LogP contribution in [0.15, 0.2) is 89.9 Å². The van der Waals surface area contributed by atoms with E-state index in [9.17, 15) is 14.0 Å². The second-order valence-corrected chi connectivity index (χ2v) is 8.49.